The zero-order chi connectivity index (χ0) is 25.7. The largest absolute Gasteiger partial charge is 0.481 e. The summed E-state index contributed by atoms with van der Waals surface area (Å²) in [5.41, 5.74) is 0.547. The second-order valence-electron chi connectivity index (χ2n) is 7.88. The number of anilines is 1. The van der Waals surface area contributed by atoms with E-state index in [0.29, 0.717) is 5.56 Å². The Morgan fingerprint density at radius 2 is 1.69 bits per heavy atom. The van der Waals surface area contributed by atoms with E-state index < -0.39 is 66.6 Å². The van der Waals surface area contributed by atoms with E-state index in [2.05, 4.69) is 10.6 Å². The van der Waals surface area contributed by atoms with E-state index in [-0.39, 0.29) is 17.7 Å². The van der Waals surface area contributed by atoms with Gasteiger partial charge in [-0.15, -0.1) is 0 Å². The minimum Gasteiger partial charge on any atom is -0.481 e. The second-order valence-corrected chi connectivity index (χ2v) is 7.88. The van der Waals surface area contributed by atoms with Crippen LogP contribution < -0.4 is 10.6 Å². The van der Waals surface area contributed by atoms with Gasteiger partial charge in [0, 0.05) is 11.3 Å². The molecule has 2 aromatic carbocycles. The predicted octanol–water partition coefficient (Wildman–Crippen LogP) is 1.70. The van der Waals surface area contributed by atoms with Crippen LogP contribution in [0.1, 0.15) is 23.6 Å². The Morgan fingerprint density at radius 1 is 0.971 bits per heavy atom. The number of amides is 3. The van der Waals surface area contributed by atoms with Crippen molar-refractivity contribution in [2.75, 3.05) is 11.9 Å². The number of hydrogen-bond acceptors (Lipinski definition) is 5. The standard InChI is InChI=1S/C23H22FN3O8/c24-16-7-2-1-6-14(16)20-15(21(31)32)10-17(22(33)34)27(20)18(28)11-25-23(35)26-13-5-3-4-12(8-13)9-19(29)30/h1-8,15,17,20H,9-11H2,(H,29,30)(H,31,32)(H,33,34)(H2,25,26,35). The lowest BCUT2D eigenvalue weighted by molar-refractivity contribution is -0.149. The highest BCUT2D eigenvalue weighted by Crippen LogP contribution is 2.42. The summed E-state index contributed by atoms with van der Waals surface area (Å²) in [5.74, 6) is -6.97. The lowest BCUT2D eigenvalue weighted by Gasteiger charge is -2.30. The van der Waals surface area contributed by atoms with Crippen LogP contribution in [0.2, 0.25) is 0 Å². The highest BCUT2D eigenvalue weighted by atomic mass is 19.1. The van der Waals surface area contributed by atoms with Crippen LogP contribution in [-0.4, -0.2) is 62.7 Å². The van der Waals surface area contributed by atoms with Crippen molar-refractivity contribution in [2.45, 2.75) is 24.9 Å². The molecule has 35 heavy (non-hydrogen) atoms. The number of hydrogen-bond donors (Lipinski definition) is 5. The molecule has 1 heterocycles. The molecule has 1 aliphatic rings. The zero-order valence-electron chi connectivity index (χ0n) is 18.2. The number of urea groups is 1. The predicted molar refractivity (Wildman–Crippen MR) is 118 cm³/mol. The lowest BCUT2D eigenvalue weighted by atomic mass is 9.93. The topological polar surface area (TPSA) is 173 Å². The van der Waals surface area contributed by atoms with Gasteiger partial charge in [0.25, 0.3) is 0 Å². The van der Waals surface area contributed by atoms with Crippen molar-refractivity contribution in [2.24, 2.45) is 5.92 Å². The van der Waals surface area contributed by atoms with Gasteiger partial charge in [0.15, 0.2) is 0 Å². The summed E-state index contributed by atoms with van der Waals surface area (Å²) in [6.07, 6.45) is -0.693. The first kappa shape index (κ1) is 25.1. The zero-order valence-corrected chi connectivity index (χ0v) is 18.2. The Labute approximate surface area is 198 Å². The molecule has 3 atom stereocenters. The molecule has 184 valence electrons. The van der Waals surface area contributed by atoms with Crippen molar-refractivity contribution in [1.82, 2.24) is 10.2 Å². The Balaban J connectivity index is 1.77. The summed E-state index contributed by atoms with van der Waals surface area (Å²) in [6, 6.07) is 7.44. The molecule has 3 amide bonds. The van der Waals surface area contributed by atoms with Gasteiger partial charge in [-0.1, -0.05) is 30.3 Å². The maximum atomic E-state index is 14.5. The Kier molecular flexibility index (Phi) is 7.64. The van der Waals surface area contributed by atoms with E-state index in [1.165, 1.54) is 36.4 Å². The van der Waals surface area contributed by atoms with Crippen molar-refractivity contribution in [3.05, 3.63) is 65.5 Å². The van der Waals surface area contributed by atoms with E-state index in [9.17, 15) is 38.6 Å². The van der Waals surface area contributed by atoms with Gasteiger partial charge in [-0.3, -0.25) is 14.4 Å². The molecular formula is C23H22FN3O8. The number of benzene rings is 2. The first-order chi connectivity index (χ1) is 16.6. The summed E-state index contributed by atoms with van der Waals surface area (Å²) < 4.78 is 14.5. The molecule has 3 rings (SSSR count). The van der Waals surface area contributed by atoms with Crippen LogP contribution in [0, 0.1) is 11.7 Å². The van der Waals surface area contributed by atoms with Crippen LogP contribution >= 0.6 is 0 Å². The van der Waals surface area contributed by atoms with Gasteiger partial charge < -0.3 is 30.9 Å². The minimum atomic E-state index is -1.54. The van der Waals surface area contributed by atoms with Crippen molar-refractivity contribution in [1.29, 1.82) is 0 Å². The number of carbonyl (C=O) groups is 5. The number of carboxylic acid groups (broad SMARTS) is 3. The number of nitrogens with zero attached hydrogens (tertiary/aromatic N) is 1. The van der Waals surface area contributed by atoms with Gasteiger partial charge in [-0.2, -0.15) is 0 Å². The molecule has 1 aliphatic heterocycles. The molecule has 0 bridgehead atoms. The van der Waals surface area contributed by atoms with Gasteiger partial charge >= 0.3 is 23.9 Å². The molecule has 2 aromatic rings. The molecule has 12 heteroatoms. The first-order valence-electron chi connectivity index (χ1n) is 10.4. The van der Waals surface area contributed by atoms with Crippen LogP contribution in [-0.2, 0) is 25.6 Å². The van der Waals surface area contributed by atoms with E-state index >= 15 is 0 Å². The number of nitrogens with one attached hydrogen (secondary N) is 2. The van der Waals surface area contributed by atoms with Crippen LogP contribution in [0.15, 0.2) is 48.5 Å². The monoisotopic (exact) mass is 487 g/mol. The second kappa shape index (κ2) is 10.6. The van der Waals surface area contributed by atoms with Crippen molar-refractivity contribution in [3.8, 4) is 0 Å². The molecule has 0 radical (unpaired) electrons. The fourth-order valence-corrected chi connectivity index (χ4v) is 4.09. The van der Waals surface area contributed by atoms with Crippen LogP contribution in [0.25, 0.3) is 0 Å². The Hall–Kier alpha value is -4.48. The molecule has 3 unspecified atom stereocenters. The highest BCUT2D eigenvalue weighted by Gasteiger charge is 2.51. The third-order valence-corrected chi connectivity index (χ3v) is 5.55. The molecule has 0 saturated carbocycles. The maximum Gasteiger partial charge on any atom is 0.326 e. The molecule has 0 spiro atoms. The van der Waals surface area contributed by atoms with Crippen molar-refractivity contribution < 1.29 is 43.7 Å². The molecule has 5 N–H and O–H groups in total. The van der Waals surface area contributed by atoms with Gasteiger partial charge in [-0.05, 0) is 30.2 Å². The number of aliphatic carboxylic acids is 3. The molecule has 1 fully saturated rings. The summed E-state index contributed by atoms with van der Waals surface area (Å²) in [5, 5.41) is 32.8. The molecular weight excluding hydrogens is 465 g/mol. The van der Waals surface area contributed by atoms with E-state index in [1.54, 1.807) is 6.07 Å². The quantitative estimate of drug-likeness (QED) is 0.374. The number of carbonyl (C=O) groups excluding carboxylic acids is 2. The molecule has 11 nitrogen and oxygen atoms in total. The van der Waals surface area contributed by atoms with E-state index in [1.807, 2.05) is 0 Å². The SMILES string of the molecule is O=C(O)Cc1cccc(NC(=O)NCC(=O)N2C(C(=O)O)CC(C(=O)O)C2c2ccccc2F)c1. The molecule has 0 aliphatic carbocycles. The van der Waals surface area contributed by atoms with E-state index in [0.717, 1.165) is 11.0 Å². The molecule has 1 saturated heterocycles. The Morgan fingerprint density at radius 3 is 2.31 bits per heavy atom. The highest BCUT2D eigenvalue weighted by molar-refractivity contribution is 5.94. The van der Waals surface area contributed by atoms with E-state index in [4.69, 9.17) is 5.11 Å². The van der Waals surface area contributed by atoms with Gasteiger partial charge in [0.1, 0.15) is 11.9 Å². The third kappa shape index (κ3) is 5.91. The number of rotatable bonds is 8. The summed E-state index contributed by atoms with van der Waals surface area (Å²) in [4.78, 5) is 60.5. The van der Waals surface area contributed by atoms with Gasteiger partial charge in [0.05, 0.1) is 24.9 Å². The van der Waals surface area contributed by atoms with Crippen molar-refractivity contribution >= 4 is 35.5 Å². The number of carboxylic acids is 3. The average molecular weight is 487 g/mol. The van der Waals surface area contributed by atoms with Crippen molar-refractivity contribution in [3.63, 3.8) is 0 Å². The van der Waals surface area contributed by atoms with Crippen LogP contribution in [0.3, 0.4) is 0 Å². The maximum absolute atomic E-state index is 14.5. The summed E-state index contributed by atoms with van der Waals surface area (Å²) in [6.45, 7) is -0.693. The fourth-order valence-electron chi connectivity index (χ4n) is 4.09. The first-order valence-corrected chi connectivity index (χ1v) is 10.4. The smallest absolute Gasteiger partial charge is 0.326 e. The minimum absolute atomic E-state index is 0.142. The summed E-state index contributed by atoms with van der Waals surface area (Å²) >= 11 is 0. The fraction of sp³-hybridized carbons (Fsp3) is 0.261. The molecule has 0 aromatic heterocycles. The van der Waals surface area contributed by atoms with Gasteiger partial charge in [0.2, 0.25) is 5.91 Å². The van der Waals surface area contributed by atoms with Crippen LogP contribution in [0.4, 0.5) is 14.9 Å². The lowest BCUT2D eigenvalue weighted by Crippen LogP contribution is -2.47. The van der Waals surface area contributed by atoms with Gasteiger partial charge in [-0.25, -0.2) is 14.0 Å². The average Bonchev–Trinajstić information content (AvgIpc) is 3.19. The number of likely N-dealkylation sites (tertiary alicyclic amines) is 1. The normalized spacial score (nSPS) is 19.1. The third-order valence-electron chi connectivity index (χ3n) is 5.55. The Bertz CT molecular complexity index is 1170. The number of halogens is 1. The summed E-state index contributed by atoms with van der Waals surface area (Å²) in [7, 11) is 0. The van der Waals surface area contributed by atoms with Crippen LogP contribution in [0.5, 0.6) is 0 Å².